The Morgan fingerprint density at radius 1 is 1.08 bits per heavy atom. The maximum Gasteiger partial charge on any atom is 0.254 e. The summed E-state index contributed by atoms with van der Waals surface area (Å²) in [5, 5.41) is 0. The van der Waals surface area contributed by atoms with Gasteiger partial charge < -0.3 is 4.90 Å². The van der Waals surface area contributed by atoms with Gasteiger partial charge in [0, 0.05) is 24.7 Å². The third kappa shape index (κ3) is 3.97. The lowest BCUT2D eigenvalue weighted by Crippen LogP contribution is -2.30. The highest BCUT2D eigenvalue weighted by Gasteiger charge is 2.24. The van der Waals surface area contributed by atoms with Crippen molar-refractivity contribution in [2.24, 2.45) is 0 Å². The molecule has 0 aliphatic carbocycles. The van der Waals surface area contributed by atoms with E-state index in [1.54, 1.807) is 24.0 Å². The highest BCUT2D eigenvalue weighted by molar-refractivity contribution is 7.89. The normalized spacial score (nSPS) is 15.8. The molecule has 1 fully saturated rings. The summed E-state index contributed by atoms with van der Waals surface area (Å²) in [6, 6.07) is 13.8. The molecule has 2 aromatic rings. The number of hydrogen-bond acceptors (Lipinski definition) is 3. The summed E-state index contributed by atoms with van der Waals surface area (Å²) in [4.78, 5) is 14.6. The number of carbonyl (C=O) groups is 1. The second-order valence-corrected chi connectivity index (χ2v) is 8.44. The summed E-state index contributed by atoms with van der Waals surface area (Å²) in [5.74, 6) is -0.0897. The maximum absolute atomic E-state index is 12.8. The average molecular weight is 372 g/mol. The summed E-state index contributed by atoms with van der Waals surface area (Å²) < 4.78 is 28.3. The molecule has 1 N–H and O–H groups in total. The summed E-state index contributed by atoms with van der Waals surface area (Å²) in [7, 11) is -3.72. The largest absolute Gasteiger partial charge is 0.339 e. The van der Waals surface area contributed by atoms with E-state index >= 15 is 0 Å². The molecule has 0 aromatic heterocycles. The van der Waals surface area contributed by atoms with Crippen molar-refractivity contribution < 1.29 is 13.2 Å². The molecule has 0 saturated carbocycles. The first-order valence-corrected chi connectivity index (χ1v) is 10.3. The second-order valence-electron chi connectivity index (χ2n) is 6.73. The van der Waals surface area contributed by atoms with E-state index in [0.29, 0.717) is 5.56 Å². The van der Waals surface area contributed by atoms with Crippen LogP contribution in [0.25, 0.3) is 0 Å². The Morgan fingerprint density at radius 2 is 1.73 bits per heavy atom. The van der Waals surface area contributed by atoms with Crippen LogP contribution >= 0.6 is 0 Å². The van der Waals surface area contributed by atoms with E-state index in [2.05, 4.69) is 4.72 Å². The molecule has 138 valence electrons. The standard InChI is InChI=1S/C20H24N2O3S/c1-15-10-11-18(14-19(15)20(23)22-12-6-7-13-22)26(24,25)21-16(2)17-8-4-3-5-9-17/h3-5,8-11,14,16,21H,6-7,12-13H2,1-2H3/t16-/m0/s1. The van der Waals surface area contributed by atoms with Crippen molar-refractivity contribution in [3.05, 3.63) is 65.2 Å². The van der Waals surface area contributed by atoms with Crippen LogP contribution in [0.4, 0.5) is 0 Å². The third-order valence-corrected chi connectivity index (χ3v) is 6.31. The Bertz CT molecular complexity index is 889. The topological polar surface area (TPSA) is 66.5 Å². The molecular weight excluding hydrogens is 348 g/mol. The molecule has 0 spiro atoms. The van der Waals surface area contributed by atoms with Gasteiger partial charge in [-0.05, 0) is 49.9 Å². The molecule has 2 aromatic carbocycles. The van der Waals surface area contributed by atoms with Gasteiger partial charge in [0.15, 0.2) is 0 Å². The quantitative estimate of drug-likeness (QED) is 0.876. The van der Waals surface area contributed by atoms with Gasteiger partial charge in [-0.1, -0.05) is 36.4 Å². The number of sulfonamides is 1. The number of carbonyl (C=O) groups excluding carboxylic acids is 1. The van der Waals surface area contributed by atoms with Gasteiger partial charge in [-0.2, -0.15) is 0 Å². The molecule has 1 aliphatic rings. The number of benzene rings is 2. The van der Waals surface area contributed by atoms with Crippen LogP contribution in [0.1, 0.15) is 47.3 Å². The number of rotatable bonds is 5. The average Bonchev–Trinajstić information content (AvgIpc) is 3.16. The lowest BCUT2D eigenvalue weighted by molar-refractivity contribution is 0.0792. The molecule has 26 heavy (non-hydrogen) atoms. The van der Waals surface area contributed by atoms with Gasteiger partial charge >= 0.3 is 0 Å². The van der Waals surface area contributed by atoms with E-state index in [-0.39, 0.29) is 16.8 Å². The molecule has 3 rings (SSSR count). The fourth-order valence-corrected chi connectivity index (χ4v) is 4.46. The SMILES string of the molecule is Cc1ccc(S(=O)(=O)N[C@@H](C)c2ccccc2)cc1C(=O)N1CCCC1. The first kappa shape index (κ1) is 18.6. The molecule has 1 heterocycles. The molecule has 0 radical (unpaired) electrons. The minimum absolute atomic E-state index is 0.0897. The predicted molar refractivity (Wildman–Crippen MR) is 101 cm³/mol. The van der Waals surface area contributed by atoms with Crippen molar-refractivity contribution in [3.63, 3.8) is 0 Å². The zero-order valence-corrected chi connectivity index (χ0v) is 15.9. The smallest absolute Gasteiger partial charge is 0.254 e. The van der Waals surface area contributed by atoms with Crippen LogP contribution in [0.5, 0.6) is 0 Å². The molecule has 1 atom stereocenters. The Hall–Kier alpha value is -2.18. The van der Waals surface area contributed by atoms with Gasteiger partial charge in [0.1, 0.15) is 0 Å². The number of hydrogen-bond donors (Lipinski definition) is 1. The van der Waals surface area contributed by atoms with Crippen LogP contribution in [0.15, 0.2) is 53.4 Å². The lowest BCUT2D eigenvalue weighted by atomic mass is 10.1. The lowest BCUT2D eigenvalue weighted by Gasteiger charge is -2.18. The Kier molecular flexibility index (Phi) is 5.44. The molecule has 0 bridgehead atoms. The van der Waals surface area contributed by atoms with Gasteiger partial charge in [-0.3, -0.25) is 4.79 Å². The molecule has 1 aliphatic heterocycles. The van der Waals surface area contributed by atoms with Gasteiger partial charge in [-0.25, -0.2) is 13.1 Å². The van der Waals surface area contributed by atoms with Gasteiger partial charge in [0.2, 0.25) is 10.0 Å². The minimum atomic E-state index is -3.72. The van der Waals surface area contributed by atoms with Crippen molar-refractivity contribution in [1.82, 2.24) is 9.62 Å². The highest BCUT2D eigenvalue weighted by Crippen LogP contribution is 2.22. The van der Waals surface area contributed by atoms with Crippen molar-refractivity contribution in [3.8, 4) is 0 Å². The van der Waals surface area contributed by atoms with E-state index in [4.69, 9.17) is 0 Å². The number of likely N-dealkylation sites (tertiary alicyclic amines) is 1. The van der Waals surface area contributed by atoms with Crippen LogP contribution in [-0.4, -0.2) is 32.3 Å². The first-order valence-electron chi connectivity index (χ1n) is 8.86. The zero-order chi connectivity index (χ0) is 18.7. The monoisotopic (exact) mass is 372 g/mol. The molecular formula is C20H24N2O3S. The van der Waals surface area contributed by atoms with E-state index < -0.39 is 10.0 Å². The van der Waals surface area contributed by atoms with E-state index in [9.17, 15) is 13.2 Å². The Balaban J connectivity index is 1.86. The Labute approximate surface area is 155 Å². The van der Waals surface area contributed by atoms with Gasteiger partial charge in [0.25, 0.3) is 5.91 Å². The number of nitrogens with one attached hydrogen (secondary N) is 1. The highest BCUT2D eigenvalue weighted by atomic mass is 32.2. The van der Waals surface area contributed by atoms with Crippen LogP contribution in [0.3, 0.4) is 0 Å². The van der Waals surface area contributed by atoms with E-state index in [1.165, 1.54) is 6.07 Å². The number of aryl methyl sites for hydroxylation is 1. The predicted octanol–water partition coefficient (Wildman–Crippen LogP) is 3.27. The maximum atomic E-state index is 12.8. The molecule has 6 heteroatoms. The summed E-state index contributed by atoms with van der Waals surface area (Å²) in [5.41, 5.74) is 2.13. The van der Waals surface area contributed by atoms with Crippen LogP contribution in [-0.2, 0) is 10.0 Å². The van der Waals surface area contributed by atoms with Crippen molar-refractivity contribution in [2.45, 2.75) is 37.6 Å². The molecule has 5 nitrogen and oxygen atoms in total. The number of amides is 1. The van der Waals surface area contributed by atoms with E-state index in [0.717, 1.165) is 37.1 Å². The van der Waals surface area contributed by atoms with Crippen molar-refractivity contribution in [1.29, 1.82) is 0 Å². The van der Waals surface area contributed by atoms with E-state index in [1.807, 2.05) is 37.3 Å². The molecule has 1 saturated heterocycles. The van der Waals surface area contributed by atoms with Crippen molar-refractivity contribution >= 4 is 15.9 Å². The van der Waals surface area contributed by atoms with Crippen molar-refractivity contribution in [2.75, 3.05) is 13.1 Å². The van der Waals surface area contributed by atoms with Crippen LogP contribution in [0, 0.1) is 6.92 Å². The summed E-state index contributed by atoms with van der Waals surface area (Å²) >= 11 is 0. The summed E-state index contributed by atoms with van der Waals surface area (Å²) in [6.07, 6.45) is 2.00. The number of nitrogens with zero attached hydrogens (tertiary/aromatic N) is 1. The molecule has 0 unspecified atom stereocenters. The molecule has 1 amide bonds. The Morgan fingerprint density at radius 3 is 2.38 bits per heavy atom. The van der Waals surface area contributed by atoms with Gasteiger partial charge in [0.05, 0.1) is 4.90 Å². The summed E-state index contributed by atoms with van der Waals surface area (Å²) in [6.45, 7) is 5.11. The fourth-order valence-electron chi connectivity index (χ4n) is 3.20. The van der Waals surface area contributed by atoms with Crippen LogP contribution in [0.2, 0.25) is 0 Å². The third-order valence-electron chi connectivity index (χ3n) is 4.77. The van der Waals surface area contributed by atoms with Gasteiger partial charge in [-0.15, -0.1) is 0 Å². The first-order chi connectivity index (χ1) is 12.4. The zero-order valence-electron chi connectivity index (χ0n) is 15.1. The van der Waals surface area contributed by atoms with Crippen LogP contribution < -0.4 is 4.72 Å². The fraction of sp³-hybridized carbons (Fsp3) is 0.350. The second kappa shape index (κ2) is 7.60. The minimum Gasteiger partial charge on any atom is -0.339 e.